The summed E-state index contributed by atoms with van der Waals surface area (Å²) in [5.41, 5.74) is 2.72. The van der Waals surface area contributed by atoms with Crippen LogP contribution in [-0.4, -0.2) is 30.4 Å². The van der Waals surface area contributed by atoms with Crippen LogP contribution in [0.1, 0.15) is 65.4 Å². The second-order valence-corrected chi connectivity index (χ2v) is 10.9. The van der Waals surface area contributed by atoms with E-state index in [-0.39, 0.29) is 25.1 Å². The van der Waals surface area contributed by atoms with Crippen molar-refractivity contribution in [1.29, 1.82) is 0 Å². The summed E-state index contributed by atoms with van der Waals surface area (Å²) < 4.78 is 17.3. The minimum Gasteiger partial charge on any atom is -0.491 e. The smallest absolute Gasteiger partial charge is 0.312 e. The van der Waals surface area contributed by atoms with Crippen LogP contribution in [0.4, 0.5) is 0 Å². The average Bonchev–Trinajstić information content (AvgIpc) is 3.41. The minimum absolute atomic E-state index is 0.0563. The molecule has 5 nitrogen and oxygen atoms in total. The summed E-state index contributed by atoms with van der Waals surface area (Å²) in [7, 11) is 0. The molecule has 4 atom stereocenters. The van der Waals surface area contributed by atoms with E-state index in [1.165, 1.54) is 24.8 Å². The van der Waals surface area contributed by atoms with E-state index >= 15 is 0 Å². The van der Waals surface area contributed by atoms with Gasteiger partial charge in [-0.2, -0.15) is 0 Å². The van der Waals surface area contributed by atoms with Crippen molar-refractivity contribution < 1.29 is 23.8 Å². The first-order valence-corrected chi connectivity index (χ1v) is 13.4. The van der Waals surface area contributed by atoms with Crippen LogP contribution in [0.5, 0.6) is 5.75 Å². The average molecular weight is 493 g/mol. The van der Waals surface area contributed by atoms with E-state index < -0.39 is 11.5 Å². The van der Waals surface area contributed by atoms with Crippen molar-refractivity contribution in [2.24, 2.45) is 17.3 Å². The highest BCUT2D eigenvalue weighted by Gasteiger charge is 2.46. The molecule has 0 radical (unpaired) electrons. The van der Waals surface area contributed by atoms with E-state index in [1.54, 1.807) is 0 Å². The molecule has 0 aliphatic heterocycles. The summed E-state index contributed by atoms with van der Waals surface area (Å²) in [6.07, 6.45) is 5.72. The van der Waals surface area contributed by atoms with Crippen LogP contribution in [0.2, 0.25) is 0 Å². The molecule has 0 amide bonds. The lowest BCUT2D eigenvalue weighted by Gasteiger charge is -2.27. The standard InChI is InChI=1S/C31H40O5/c1-5-6-7-8-23-9-10-25-17-29(36-28(25)16-23)24-11-13-27(14-12-24)34-19-26(32)20-35-30(33)31(4)18-21(2)15-22(31)3/h9-14,16-17,21-22,26,32H,5-8,15,18-20H2,1-4H3. The molecule has 0 spiro atoms. The van der Waals surface area contributed by atoms with Crippen molar-refractivity contribution in [2.75, 3.05) is 13.2 Å². The number of carbonyl (C=O) groups excluding carboxylic acids is 1. The second kappa shape index (κ2) is 11.5. The number of aryl methyl sites for hydroxylation is 1. The third-order valence-corrected chi connectivity index (χ3v) is 7.72. The van der Waals surface area contributed by atoms with Crippen LogP contribution in [0.15, 0.2) is 52.9 Å². The highest BCUT2D eigenvalue weighted by Crippen LogP contribution is 2.46. The SMILES string of the molecule is CCCCCc1ccc2cc(-c3ccc(OCC(O)COC(=O)C4(C)CC(C)CC4C)cc3)oc2c1. The van der Waals surface area contributed by atoms with Gasteiger partial charge in [-0.25, -0.2) is 0 Å². The van der Waals surface area contributed by atoms with Gasteiger partial charge in [0.1, 0.15) is 36.4 Å². The van der Waals surface area contributed by atoms with E-state index in [9.17, 15) is 9.90 Å². The van der Waals surface area contributed by atoms with Gasteiger partial charge in [-0.3, -0.25) is 4.79 Å². The van der Waals surface area contributed by atoms with Crippen molar-refractivity contribution in [3.8, 4) is 17.1 Å². The molecule has 2 aromatic carbocycles. The fraction of sp³-hybridized carbons (Fsp3) is 0.516. The lowest BCUT2D eigenvalue weighted by atomic mass is 9.81. The fourth-order valence-corrected chi connectivity index (χ4v) is 5.40. The molecule has 194 valence electrons. The number of hydrogen-bond donors (Lipinski definition) is 1. The maximum absolute atomic E-state index is 12.6. The third kappa shape index (κ3) is 6.12. The van der Waals surface area contributed by atoms with E-state index in [1.807, 2.05) is 31.2 Å². The quantitative estimate of drug-likeness (QED) is 0.227. The Kier molecular flexibility index (Phi) is 8.40. The summed E-state index contributed by atoms with van der Waals surface area (Å²) in [5, 5.41) is 11.4. The van der Waals surface area contributed by atoms with Gasteiger partial charge in [-0.15, -0.1) is 0 Å². The summed E-state index contributed by atoms with van der Waals surface area (Å²) in [5.74, 6) is 2.04. The van der Waals surface area contributed by atoms with E-state index in [2.05, 4.69) is 45.0 Å². The third-order valence-electron chi connectivity index (χ3n) is 7.72. The molecular weight excluding hydrogens is 452 g/mol. The van der Waals surface area contributed by atoms with Crippen molar-refractivity contribution in [1.82, 2.24) is 0 Å². The van der Waals surface area contributed by atoms with Gasteiger partial charge in [0.15, 0.2) is 0 Å². The second-order valence-electron chi connectivity index (χ2n) is 10.9. The number of furan rings is 1. The molecule has 1 aliphatic carbocycles. The van der Waals surface area contributed by atoms with Gasteiger partial charge in [0, 0.05) is 10.9 Å². The Bertz CT molecular complexity index is 1150. The molecule has 3 aromatic rings. The molecule has 1 fully saturated rings. The monoisotopic (exact) mass is 492 g/mol. The number of aliphatic hydroxyl groups excluding tert-OH is 1. The number of unbranched alkanes of at least 4 members (excludes halogenated alkanes) is 2. The van der Waals surface area contributed by atoms with Crippen LogP contribution in [0, 0.1) is 17.3 Å². The maximum Gasteiger partial charge on any atom is 0.312 e. The zero-order valence-electron chi connectivity index (χ0n) is 22.1. The normalized spacial score (nSPS) is 22.6. The molecule has 1 heterocycles. The molecule has 1 N–H and O–H groups in total. The van der Waals surface area contributed by atoms with E-state index in [0.717, 1.165) is 41.6 Å². The van der Waals surface area contributed by atoms with Crippen molar-refractivity contribution in [3.63, 3.8) is 0 Å². The molecule has 5 heteroatoms. The molecule has 0 bridgehead atoms. The summed E-state index contributed by atoms with van der Waals surface area (Å²) in [4.78, 5) is 12.6. The van der Waals surface area contributed by atoms with Crippen LogP contribution < -0.4 is 4.74 Å². The highest BCUT2D eigenvalue weighted by atomic mass is 16.5. The van der Waals surface area contributed by atoms with Gasteiger partial charge in [0.05, 0.1) is 5.41 Å². The van der Waals surface area contributed by atoms with Crippen LogP contribution in [0.3, 0.4) is 0 Å². The van der Waals surface area contributed by atoms with Crippen molar-refractivity contribution >= 4 is 16.9 Å². The molecule has 4 unspecified atom stereocenters. The van der Waals surface area contributed by atoms with Gasteiger partial charge in [0.25, 0.3) is 0 Å². The predicted molar refractivity (Wildman–Crippen MR) is 143 cm³/mol. The fourth-order valence-electron chi connectivity index (χ4n) is 5.40. The van der Waals surface area contributed by atoms with Gasteiger partial charge < -0.3 is 19.0 Å². The van der Waals surface area contributed by atoms with Crippen molar-refractivity contribution in [3.05, 3.63) is 54.1 Å². The Labute approximate surface area is 214 Å². The van der Waals surface area contributed by atoms with Gasteiger partial charge in [0.2, 0.25) is 0 Å². The number of carbonyl (C=O) groups is 1. The lowest BCUT2D eigenvalue weighted by Crippen LogP contribution is -2.35. The first kappa shape index (κ1) is 26.3. The Morgan fingerprint density at radius 2 is 1.89 bits per heavy atom. The van der Waals surface area contributed by atoms with E-state index in [4.69, 9.17) is 13.9 Å². The Morgan fingerprint density at radius 1 is 1.11 bits per heavy atom. The summed E-state index contributed by atoms with van der Waals surface area (Å²) >= 11 is 0. The Hall–Kier alpha value is -2.79. The topological polar surface area (TPSA) is 68.9 Å². The first-order chi connectivity index (χ1) is 17.3. The first-order valence-electron chi connectivity index (χ1n) is 13.4. The summed E-state index contributed by atoms with van der Waals surface area (Å²) in [6.45, 7) is 8.46. The summed E-state index contributed by atoms with van der Waals surface area (Å²) in [6, 6.07) is 16.1. The number of ether oxygens (including phenoxy) is 2. The van der Waals surface area contributed by atoms with Crippen LogP contribution >= 0.6 is 0 Å². The minimum atomic E-state index is -0.881. The largest absolute Gasteiger partial charge is 0.491 e. The van der Waals surface area contributed by atoms with Gasteiger partial charge in [-0.1, -0.05) is 45.7 Å². The molecule has 1 aromatic heterocycles. The van der Waals surface area contributed by atoms with Crippen LogP contribution in [-0.2, 0) is 16.0 Å². The Morgan fingerprint density at radius 3 is 2.58 bits per heavy atom. The number of benzene rings is 2. The van der Waals surface area contributed by atoms with E-state index in [0.29, 0.717) is 11.7 Å². The number of aliphatic hydroxyl groups is 1. The number of esters is 1. The van der Waals surface area contributed by atoms with Crippen molar-refractivity contribution in [2.45, 2.75) is 72.3 Å². The van der Waals surface area contributed by atoms with Gasteiger partial charge >= 0.3 is 5.97 Å². The molecule has 1 aliphatic rings. The zero-order valence-corrected chi connectivity index (χ0v) is 22.1. The van der Waals surface area contributed by atoms with Gasteiger partial charge in [-0.05, 0) is 86.4 Å². The Balaban J connectivity index is 1.28. The lowest BCUT2D eigenvalue weighted by molar-refractivity contribution is -0.160. The maximum atomic E-state index is 12.6. The predicted octanol–water partition coefficient (Wildman–Crippen LogP) is 7.19. The number of rotatable bonds is 11. The van der Waals surface area contributed by atoms with Crippen LogP contribution in [0.25, 0.3) is 22.3 Å². The molecule has 1 saturated carbocycles. The molecular formula is C31H40O5. The molecule has 4 rings (SSSR count). The number of hydrogen-bond acceptors (Lipinski definition) is 5. The number of fused-ring (bicyclic) bond motifs is 1. The highest BCUT2D eigenvalue weighted by molar-refractivity contribution is 5.83. The molecule has 0 saturated heterocycles. The molecule has 36 heavy (non-hydrogen) atoms. The zero-order chi connectivity index (χ0) is 25.7.